The number of nitrogens with zero attached hydrogens (tertiary/aromatic N) is 1. The Bertz CT molecular complexity index is 670. The molecular weight excluding hydrogens is 340 g/mol. The lowest BCUT2D eigenvalue weighted by atomic mass is 10.1. The summed E-state index contributed by atoms with van der Waals surface area (Å²) in [4.78, 5) is 2.39. The molecule has 0 bridgehead atoms. The number of hydrogen-bond donors (Lipinski definition) is 1. The third kappa shape index (κ3) is 4.55. The molecule has 1 fully saturated rings. The Morgan fingerprint density at radius 3 is 2.75 bits per heavy atom. The van der Waals surface area contributed by atoms with E-state index >= 15 is 0 Å². The van der Waals surface area contributed by atoms with E-state index in [1.165, 1.54) is 11.0 Å². The van der Waals surface area contributed by atoms with Gasteiger partial charge in [-0.3, -0.25) is 4.90 Å². The normalized spacial score (nSPS) is 19.1. The van der Waals surface area contributed by atoms with Gasteiger partial charge >= 0.3 is 6.18 Å². The minimum absolute atomic E-state index is 0.0382. The molecule has 2 heterocycles. The fraction of sp³-hybridized carbons (Fsp3) is 0.412. The highest BCUT2D eigenvalue weighted by molar-refractivity contribution is 7.13. The number of alkyl halides is 3. The average molecular weight is 358 g/mol. The number of halogens is 4. The topological polar surface area (TPSA) is 15.3 Å². The van der Waals surface area contributed by atoms with Crippen molar-refractivity contribution >= 4 is 11.3 Å². The van der Waals surface area contributed by atoms with Crippen LogP contribution in [0.1, 0.15) is 12.0 Å². The van der Waals surface area contributed by atoms with E-state index in [9.17, 15) is 17.6 Å². The molecule has 0 unspecified atom stereocenters. The van der Waals surface area contributed by atoms with Gasteiger partial charge in [0.15, 0.2) is 0 Å². The number of nitrogens with one attached hydrogen (secondary N) is 1. The van der Waals surface area contributed by atoms with Gasteiger partial charge in [0.1, 0.15) is 5.82 Å². The standard InChI is InChI=1S/C17H18F4N2S/c18-15-8-12(16-2-1-7-24-16)3-4-13(15)9-22-14-5-6-23(10-14)11-17(19,20)21/h1-4,7-8,14,22H,5-6,9-11H2/t14-/m1/s1. The van der Waals surface area contributed by atoms with E-state index in [0.717, 1.165) is 10.4 Å². The molecule has 3 rings (SSSR count). The van der Waals surface area contributed by atoms with Crippen molar-refractivity contribution in [1.82, 2.24) is 10.2 Å². The van der Waals surface area contributed by atoms with Crippen molar-refractivity contribution in [3.05, 3.63) is 47.1 Å². The molecule has 0 spiro atoms. The molecule has 2 aromatic rings. The van der Waals surface area contributed by atoms with Crippen LogP contribution in [0.4, 0.5) is 17.6 Å². The van der Waals surface area contributed by atoms with Crippen molar-refractivity contribution in [3.63, 3.8) is 0 Å². The SMILES string of the molecule is Fc1cc(-c2cccs2)ccc1CN[C@@H]1CCN(CC(F)(F)F)C1. The van der Waals surface area contributed by atoms with E-state index in [1.807, 2.05) is 23.6 Å². The second-order valence-electron chi connectivity index (χ2n) is 6.00. The Kier molecular flexibility index (Phi) is 5.22. The summed E-state index contributed by atoms with van der Waals surface area (Å²) in [6, 6.07) is 8.93. The maximum atomic E-state index is 14.2. The highest BCUT2D eigenvalue weighted by atomic mass is 32.1. The summed E-state index contributed by atoms with van der Waals surface area (Å²) in [5, 5.41) is 5.10. The van der Waals surface area contributed by atoms with Gasteiger partial charge in [-0.15, -0.1) is 11.3 Å². The first-order valence-electron chi connectivity index (χ1n) is 7.75. The van der Waals surface area contributed by atoms with Crippen LogP contribution in [-0.2, 0) is 6.54 Å². The van der Waals surface area contributed by atoms with E-state index < -0.39 is 12.7 Å². The lowest BCUT2D eigenvalue weighted by Crippen LogP contribution is -2.36. The van der Waals surface area contributed by atoms with Crippen LogP contribution in [0.5, 0.6) is 0 Å². The molecule has 130 valence electrons. The van der Waals surface area contributed by atoms with Crippen molar-refractivity contribution in [3.8, 4) is 10.4 Å². The number of likely N-dealkylation sites (tertiary alicyclic amines) is 1. The predicted molar refractivity (Wildman–Crippen MR) is 87.5 cm³/mol. The number of hydrogen-bond acceptors (Lipinski definition) is 3. The molecule has 0 radical (unpaired) electrons. The smallest absolute Gasteiger partial charge is 0.308 e. The van der Waals surface area contributed by atoms with E-state index in [0.29, 0.717) is 31.6 Å². The minimum atomic E-state index is -4.17. The molecule has 1 aliphatic heterocycles. The van der Waals surface area contributed by atoms with Crippen molar-refractivity contribution in [2.45, 2.75) is 25.2 Å². The molecule has 1 atom stereocenters. The van der Waals surface area contributed by atoms with Crippen LogP contribution < -0.4 is 5.32 Å². The Labute approximate surface area is 142 Å². The molecule has 2 nitrogen and oxygen atoms in total. The molecule has 0 saturated carbocycles. The fourth-order valence-corrected chi connectivity index (χ4v) is 3.66. The minimum Gasteiger partial charge on any atom is -0.308 e. The summed E-state index contributed by atoms with van der Waals surface area (Å²) < 4.78 is 51.4. The van der Waals surface area contributed by atoms with Crippen molar-refractivity contribution in [2.75, 3.05) is 19.6 Å². The molecular formula is C17H18F4N2S. The van der Waals surface area contributed by atoms with Gasteiger partial charge in [0, 0.05) is 36.1 Å². The van der Waals surface area contributed by atoms with Gasteiger partial charge in [0.2, 0.25) is 0 Å². The van der Waals surface area contributed by atoms with E-state index in [1.54, 1.807) is 17.4 Å². The van der Waals surface area contributed by atoms with E-state index in [-0.39, 0.29) is 11.9 Å². The molecule has 1 saturated heterocycles. The Morgan fingerprint density at radius 2 is 2.08 bits per heavy atom. The first-order valence-corrected chi connectivity index (χ1v) is 8.63. The van der Waals surface area contributed by atoms with Gasteiger partial charge in [-0.2, -0.15) is 13.2 Å². The van der Waals surface area contributed by atoms with Crippen molar-refractivity contribution in [1.29, 1.82) is 0 Å². The largest absolute Gasteiger partial charge is 0.401 e. The van der Waals surface area contributed by atoms with Crippen LogP contribution >= 0.6 is 11.3 Å². The lowest BCUT2D eigenvalue weighted by molar-refractivity contribution is -0.143. The number of benzene rings is 1. The van der Waals surface area contributed by atoms with Crippen molar-refractivity contribution < 1.29 is 17.6 Å². The fourth-order valence-electron chi connectivity index (χ4n) is 2.94. The van der Waals surface area contributed by atoms with Crippen LogP contribution in [0.15, 0.2) is 35.7 Å². The van der Waals surface area contributed by atoms with Gasteiger partial charge in [-0.25, -0.2) is 4.39 Å². The summed E-state index contributed by atoms with van der Waals surface area (Å²) in [5.41, 5.74) is 1.37. The van der Waals surface area contributed by atoms with Crippen LogP contribution in [-0.4, -0.2) is 36.8 Å². The maximum absolute atomic E-state index is 14.2. The van der Waals surface area contributed by atoms with Gasteiger partial charge in [-0.1, -0.05) is 18.2 Å². The number of rotatable bonds is 5. The zero-order chi connectivity index (χ0) is 17.2. The molecule has 24 heavy (non-hydrogen) atoms. The quantitative estimate of drug-likeness (QED) is 0.803. The second-order valence-corrected chi connectivity index (χ2v) is 6.95. The monoisotopic (exact) mass is 358 g/mol. The average Bonchev–Trinajstić information content (AvgIpc) is 3.16. The zero-order valence-electron chi connectivity index (χ0n) is 12.9. The third-order valence-electron chi connectivity index (χ3n) is 4.12. The summed E-state index contributed by atoms with van der Waals surface area (Å²) in [5.74, 6) is -0.293. The molecule has 1 N–H and O–H groups in total. The molecule has 1 aromatic heterocycles. The van der Waals surface area contributed by atoms with Gasteiger partial charge < -0.3 is 5.32 Å². The summed E-state index contributed by atoms with van der Waals surface area (Å²) >= 11 is 1.55. The molecule has 1 aromatic carbocycles. The van der Waals surface area contributed by atoms with Crippen molar-refractivity contribution in [2.24, 2.45) is 0 Å². The Hall–Kier alpha value is -1.44. The van der Waals surface area contributed by atoms with Crippen LogP contribution in [0.2, 0.25) is 0 Å². The van der Waals surface area contributed by atoms with Crippen LogP contribution in [0, 0.1) is 5.82 Å². The second kappa shape index (κ2) is 7.21. The highest BCUT2D eigenvalue weighted by Crippen LogP contribution is 2.26. The molecule has 7 heteroatoms. The molecule has 1 aliphatic rings. The van der Waals surface area contributed by atoms with E-state index in [2.05, 4.69) is 5.32 Å². The summed E-state index contributed by atoms with van der Waals surface area (Å²) in [7, 11) is 0. The van der Waals surface area contributed by atoms with Crippen LogP contribution in [0.3, 0.4) is 0 Å². The molecule has 0 amide bonds. The Morgan fingerprint density at radius 1 is 1.25 bits per heavy atom. The predicted octanol–water partition coefficient (Wildman–Crippen LogP) is 4.28. The van der Waals surface area contributed by atoms with Crippen LogP contribution in [0.25, 0.3) is 10.4 Å². The van der Waals surface area contributed by atoms with Gasteiger partial charge in [0.25, 0.3) is 0 Å². The van der Waals surface area contributed by atoms with Gasteiger partial charge in [-0.05, 0) is 29.5 Å². The van der Waals surface area contributed by atoms with E-state index in [4.69, 9.17) is 0 Å². The first kappa shape index (κ1) is 17.4. The zero-order valence-corrected chi connectivity index (χ0v) is 13.8. The summed E-state index contributed by atoms with van der Waals surface area (Å²) in [6.07, 6.45) is -3.52. The summed E-state index contributed by atoms with van der Waals surface area (Å²) in [6.45, 7) is 0.196. The molecule has 0 aliphatic carbocycles. The third-order valence-corrected chi connectivity index (χ3v) is 5.03. The maximum Gasteiger partial charge on any atom is 0.401 e. The first-order chi connectivity index (χ1) is 11.4. The Balaban J connectivity index is 1.54. The highest BCUT2D eigenvalue weighted by Gasteiger charge is 2.34. The van der Waals surface area contributed by atoms with Gasteiger partial charge in [0.05, 0.1) is 6.54 Å². The number of thiophene rings is 1. The lowest BCUT2D eigenvalue weighted by Gasteiger charge is -2.18.